The maximum atomic E-state index is 5.39. The quantitative estimate of drug-likeness (QED) is 0.606. The van der Waals surface area contributed by atoms with Crippen molar-refractivity contribution in [1.82, 2.24) is 0 Å². The van der Waals surface area contributed by atoms with Crippen molar-refractivity contribution < 1.29 is 4.74 Å². The van der Waals surface area contributed by atoms with Crippen LogP contribution in [0.5, 0.6) is 0 Å². The van der Waals surface area contributed by atoms with E-state index in [4.69, 9.17) is 4.74 Å². The van der Waals surface area contributed by atoms with Crippen molar-refractivity contribution in [1.29, 1.82) is 0 Å². The molecule has 0 radical (unpaired) electrons. The van der Waals surface area contributed by atoms with Crippen molar-refractivity contribution in [3.8, 4) is 0 Å². The van der Waals surface area contributed by atoms with Gasteiger partial charge in [-0.25, -0.2) is 0 Å². The van der Waals surface area contributed by atoms with Gasteiger partial charge in [0.15, 0.2) is 0 Å². The normalized spacial score (nSPS) is 26.9. The molecule has 2 aliphatic rings. The zero-order valence-corrected chi connectivity index (χ0v) is 14.9. The van der Waals surface area contributed by atoms with Gasteiger partial charge in [-0.3, -0.25) is 0 Å². The first-order valence-electron chi connectivity index (χ1n) is 8.74. The number of rotatable bonds is 0. The van der Waals surface area contributed by atoms with Gasteiger partial charge in [0.25, 0.3) is 0 Å². The van der Waals surface area contributed by atoms with Crippen LogP contribution in [0.3, 0.4) is 0 Å². The average Bonchev–Trinajstić information content (AvgIpc) is 2.84. The molecule has 0 N–H and O–H groups in total. The van der Waals surface area contributed by atoms with Gasteiger partial charge in [-0.05, 0) is 62.5 Å². The lowest BCUT2D eigenvalue weighted by atomic mass is 10.0. The van der Waals surface area contributed by atoms with E-state index in [2.05, 4.69) is 45.9 Å². The smallest absolute Gasteiger partial charge is 0.0547 e. The molecule has 1 aliphatic heterocycles. The zero-order chi connectivity index (χ0) is 15.8. The number of hydrogen-bond donors (Lipinski definition) is 0. The Morgan fingerprint density at radius 2 is 1.57 bits per heavy atom. The van der Waals surface area contributed by atoms with Gasteiger partial charge in [0.05, 0.1) is 6.10 Å². The van der Waals surface area contributed by atoms with Gasteiger partial charge in [-0.1, -0.05) is 51.5 Å². The van der Waals surface area contributed by atoms with Gasteiger partial charge >= 0.3 is 0 Å². The molecule has 0 bridgehead atoms. The van der Waals surface area contributed by atoms with Crippen LogP contribution in [0.25, 0.3) is 0 Å². The summed E-state index contributed by atoms with van der Waals surface area (Å²) >= 11 is 0. The lowest BCUT2D eigenvalue weighted by Gasteiger charge is -2.23. The molecule has 1 saturated heterocycles. The summed E-state index contributed by atoms with van der Waals surface area (Å²) in [7, 11) is 0. The second kappa shape index (κ2) is 9.25. The lowest BCUT2D eigenvalue weighted by molar-refractivity contribution is 0.000267. The summed E-state index contributed by atoms with van der Waals surface area (Å²) in [6.07, 6.45) is 5.70. The molecule has 3 atom stereocenters. The second-order valence-corrected chi connectivity index (χ2v) is 6.61. The monoisotopic (exact) mass is 290 g/mol. The molecule has 0 aromatic heterocycles. The minimum absolute atomic E-state index is 0.520. The molecule has 1 heteroatoms. The molecule has 0 amide bonds. The van der Waals surface area contributed by atoms with Crippen LogP contribution < -0.4 is 0 Å². The Hall–Kier alpha value is -0.820. The predicted octanol–water partition coefficient (Wildman–Crippen LogP) is 5.58. The predicted molar refractivity (Wildman–Crippen MR) is 92.9 cm³/mol. The van der Waals surface area contributed by atoms with Crippen molar-refractivity contribution in [3.05, 3.63) is 34.9 Å². The van der Waals surface area contributed by atoms with Crippen molar-refractivity contribution in [2.45, 2.75) is 73.3 Å². The minimum atomic E-state index is 0.520. The Kier molecular flexibility index (Phi) is 8.03. The third-order valence-electron chi connectivity index (χ3n) is 4.23. The fraction of sp³-hybridized carbons (Fsp3) is 0.700. The molecule has 3 unspecified atom stereocenters. The highest BCUT2D eigenvalue weighted by molar-refractivity contribution is 5.35. The largest absolute Gasteiger partial charge is 0.378 e. The molecule has 21 heavy (non-hydrogen) atoms. The first kappa shape index (κ1) is 18.2. The fourth-order valence-corrected chi connectivity index (χ4v) is 2.98. The number of benzene rings is 1. The van der Waals surface area contributed by atoms with Crippen molar-refractivity contribution in [3.63, 3.8) is 0 Å². The minimum Gasteiger partial charge on any atom is -0.378 e. The van der Waals surface area contributed by atoms with E-state index in [9.17, 15) is 0 Å². The second-order valence-electron chi connectivity index (χ2n) is 6.61. The lowest BCUT2D eigenvalue weighted by Crippen LogP contribution is -2.21. The van der Waals surface area contributed by atoms with E-state index in [1.54, 1.807) is 11.1 Å². The molecule has 1 aromatic rings. The number of ether oxygens (including phenoxy) is 1. The molecule has 1 aromatic carbocycles. The number of aryl methyl sites for hydroxylation is 1. The first-order valence-corrected chi connectivity index (χ1v) is 8.74. The summed E-state index contributed by atoms with van der Waals surface area (Å²) < 4.78 is 5.39. The van der Waals surface area contributed by atoms with Gasteiger partial charge in [-0.2, -0.15) is 0 Å². The number of fused-ring (bicyclic) bond motifs is 1. The van der Waals surface area contributed by atoms with E-state index in [0.29, 0.717) is 6.10 Å². The van der Waals surface area contributed by atoms with Crippen LogP contribution in [-0.4, -0.2) is 12.7 Å². The van der Waals surface area contributed by atoms with E-state index < -0.39 is 0 Å². The van der Waals surface area contributed by atoms with E-state index in [-0.39, 0.29) is 0 Å². The summed E-state index contributed by atoms with van der Waals surface area (Å²) in [6.45, 7) is 13.9. The molecule has 120 valence electrons. The summed E-state index contributed by atoms with van der Waals surface area (Å²) in [4.78, 5) is 0. The van der Waals surface area contributed by atoms with Crippen molar-refractivity contribution in [2.24, 2.45) is 11.8 Å². The summed E-state index contributed by atoms with van der Waals surface area (Å²) in [5, 5.41) is 0. The molecule has 0 saturated carbocycles. The van der Waals surface area contributed by atoms with Gasteiger partial charge in [0.1, 0.15) is 0 Å². The van der Waals surface area contributed by atoms with E-state index in [1.807, 2.05) is 13.8 Å². The molecule has 1 fully saturated rings. The van der Waals surface area contributed by atoms with E-state index in [1.165, 1.54) is 31.2 Å². The topological polar surface area (TPSA) is 9.23 Å². The number of hydrogen-bond acceptors (Lipinski definition) is 1. The Labute approximate surface area is 132 Å². The molecule has 1 heterocycles. The molecular formula is C20H34O. The van der Waals surface area contributed by atoms with Gasteiger partial charge < -0.3 is 4.74 Å². The van der Waals surface area contributed by atoms with Gasteiger partial charge in [0, 0.05) is 6.61 Å². The van der Waals surface area contributed by atoms with Crippen LogP contribution in [0.4, 0.5) is 0 Å². The highest BCUT2D eigenvalue weighted by Crippen LogP contribution is 2.26. The van der Waals surface area contributed by atoms with Crippen LogP contribution in [0.2, 0.25) is 0 Å². The highest BCUT2D eigenvalue weighted by Gasteiger charge is 2.16. The Morgan fingerprint density at radius 3 is 2.14 bits per heavy atom. The zero-order valence-electron chi connectivity index (χ0n) is 14.9. The maximum Gasteiger partial charge on any atom is 0.0547 e. The molecule has 1 nitrogen and oxygen atoms in total. The summed E-state index contributed by atoms with van der Waals surface area (Å²) in [5.41, 5.74) is 4.55. The third-order valence-corrected chi connectivity index (χ3v) is 4.23. The molecule has 0 spiro atoms. The van der Waals surface area contributed by atoms with Crippen LogP contribution >= 0.6 is 0 Å². The maximum absolute atomic E-state index is 5.39. The van der Waals surface area contributed by atoms with Crippen LogP contribution in [0.15, 0.2) is 18.2 Å². The van der Waals surface area contributed by atoms with Crippen LogP contribution in [0, 0.1) is 18.8 Å². The van der Waals surface area contributed by atoms with E-state index in [0.717, 1.165) is 18.4 Å². The first-order chi connectivity index (χ1) is 10.0. The van der Waals surface area contributed by atoms with Gasteiger partial charge in [0.2, 0.25) is 0 Å². The third kappa shape index (κ3) is 6.22. The van der Waals surface area contributed by atoms with Crippen molar-refractivity contribution >= 4 is 0 Å². The fourth-order valence-electron chi connectivity index (χ4n) is 2.98. The average molecular weight is 290 g/mol. The summed E-state index contributed by atoms with van der Waals surface area (Å²) in [5.74, 6) is 1.66. The molecule has 3 rings (SSSR count). The highest BCUT2D eigenvalue weighted by atomic mass is 16.5. The molecule has 1 aliphatic carbocycles. The van der Waals surface area contributed by atoms with Crippen LogP contribution in [-0.2, 0) is 17.6 Å². The summed E-state index contributed by atoms with van der Waals surface area (Å²) in [6, 6.07) is 6.84. The Balaban J connectivity index is 0.000000196. The molecular weight excluding hydrogens is 256 g/mol. The Bertz CT molecular complexity index is 392. The van der Waals surface area contributed by atoms with Crippen molar-refractivity contribution in [2.75, 3.05) is 6.61 Å². The Morgan fingerprint density at radius 1 is 0.905 bits per heavy atom. The van der Waals surface area contributed by atoms with Crippen LogP contribution in [0.1, 0.15) is 64.2 Å². The SMILES string of the molecule is CC.CC1CCC(C)OC1.Cc1ccc2c(c1)CC(C)C2. The standard InChI is InChI=1S/C11H14.C7H14O.C2H6/c1-8-3-4-10-6-9(2)7-11(10)5-8;1-6-3-4-7(2)8-5-6;1-2/h3-5,9H,6-7H2,1-2H3;6-7H,3-5H2,1-2H3;1-2H3. The van der Waals surface area contributed by atoms with Gasteiger partial charge in [-0.15, -0.1) is 0 Å². The van der Waals surface area contributed by atoms with E-state index >= 15 is 0 Å².